The van der Waals surface area contributed by atoms with E-state index in [1.54, 1.807) is 19.2 Å². The molecule has 0 bridgehead atoms. The third kappa shape index (κ3) is 5.18. The van der Waals surface area contributed by atoms with E-state index in [0.717, 1.165) is 24.2 Å². The zero-order chi connectivity index (χ0) is 25.3. The van der Waals surface area contributed by atoms with Crippen LogP contribution in [0.5, 0.6) is 5.88 Å². The number of methoxy groups -OCH3 is 2. The molecule has 0 aliphatic heterocycles. The lowest BCUT2D eigenvalue weighted by molar-refractivity contribution is -0.110. The molecule has 0 saturated heterocycles. The number of aromatic nitrogens is 3. The highest BCUT2D eigenvalue weighted by atomic mass is 32.2. The predicted molar refractivity (Wildman–Crippen MR) is 133 cm³/mol. The first-order chi connectivity index (χ1) is 17.4. The fourth-order valence-electron chi connectivity index (χ4n) is 3.95. The third-order valence-corrected chi connectivity index (χ3v) is 9.26. The number of ether oxygens (including phenoxy) is 2. The Bertz CT molecular complexity index is 1400. The maximum atomic E-state index is 13.3. The number of carbonyl (C=O) groups excluding carboxylic acids is 1. The van der Waals surface area contributed by atoms with Crippen LogP contribution < -0.4 is 10.1 Å². The van der Waals surface area contributed by atoms with Crippen molar-refractivity contribution in [1.29, 1.82) is 0 Å². The molecule has 2 aromatic heterocycles. The number of anilines is 1. The minimum atomic E-state index is -3.35. The summed E-state index contributed by atoms with van der Waals surface area (Å²) < 4.78 is 35.6. The van der Waals surface area contributed by atoms with E-state index in [0.29, 0.717) is 41.2 Å². The third-order valence-electron chi connectivity index (χ3n) is 6.13. The van der Waals surface area contributed by atoms with Gasteiger partial charge in [0, 0.05) is 19.1 Å². The Morgan fingerprint density at radius 1 is 1.08 bits per heavy atom. The Labute approximate surface area is 211 Å². The molecule has 0 spiro atoms. The first-order valence-electron chi connectivity index (χ1n) is 11.5. The van der Waals surface area contributed by atoms with Crippen molar-refractivity contribution in [2.24, 2.45) is 5.16 Å². The van der Waals surface area contributed by atoms with E-state index in [2.05, 4.69) is 25.4 Å². The Morgan fingerprint density at radius 2 is 1.83 bits per heavy atom. The van der Waals surface area contributed by atoms with Crippen LogP contribution in [0.2, 0.25) is 0 Å². The van der Waals surface area contributed by atoms with Crippen LogP contribution in [0, 0.1) is 0 Å². The normalized spacial score (nSPS) is 20.4. The number of nitrogens with zero attached hydrogens (tertiary/aromatic N) is 4. The van der Waals surface area contributed by atoms with Gasteiger partial charge in [0.1, 0.15) is 6.10 Å². The fourth-order valence-corrected chi connectivity index (χ4v) is 6.39. The Morgan fingerprint density at radius 3 is 2.50 bits per heavy atom. The van der Waals surface area contributed by atoms with Gasteiger partial charge in [-0.25, -0.2) is 13.4 Å². The van der Waals surface area contributed by atoms with Gasteiger partial charge in [0.2, 0.25) is 5.88 Å². The summed E-state index contributed by atoms with van der Waals surface area (Å²) in [7, 11) is -0.205. The molecule has 2 aliphatic rings. The number of carbonyl (C=O) groups is 1. The van der Waals surface area contributed by atoms with Crippen molar-refractivity contribution < 1.29 is 27.5 Å². The molecule has 1 N–H and O–H groups in total. The van der Waals surface area contributed by atoms with Crippen molar-refractivity contribution >= 4 is 48.4 Å². The molecule has 1 amide bonds. The molecule has 2 saturated carbocycles. The van der Waals surface area contributed by atoms with E-state index in [9.17, 15) is 13.2 Å². The molecule has 0 radical (unpaired) electrons. The molecule has 190 valence electrons. The second kappa shape index (κ2) is 10.1. The molecule has 2 fully saturated rings. The minimum Gasteiger partial charge on any atom is -0.480 e. The summed E-state index contributed by atoms with van der Waals surface area (Å²) in [5.41, 5.74) is 0.795. The molecule has 36 heavy (non-hydrogen) atoms. The molecule has 13 heteroatoms. The van der Waals surface area contributed by atoms with E-state index >= 15 is 0 Å². The van der Waals surface area contributed by atoms with Crippen molar-refractivity contribution in [1.82, 2.24) is 15.0 Å². The van der Waals surface area contributed by atoms with Crippen LogP contribution in [-0.4, -0.2) is 66.7 Å². The number of nitrogens with one attached hydrogen (secondary N) is 1. The first kappa shape index (κ1) is 24.5. The van der Waals surface area contributed by atoms with Crippen molar-refractivity contribution in [3.8, 4) is 5.88 Å². The number of oxime groups is 1. The van der Waals surface area contributed by atoms with E-state index in [4.69, 9.17) is 14.3 Å². The van der Waals surface area contributed by atoms with E-state index in [1.165, 1.54) is 25.4 Å². The van der Waals surface area contributed by atoms with Crippen molar-refractivity contribution in [2.45, 2.75) is 54.5 Å². The number of hydrogen-bond donors (Lipinski definition) is 1. The van der Waals surface area contributed by atoms with Crippen molar-refractivity contribution in [2.75, 3.05) is 19.5 Å². The molecular formula is C23H25N5O6S2. The number of sulfone groups is 1. The van der Waals surface area contributed by atoms with Gasteiger partial charge in [0.05, 0.1) is 29.6 Å². The van der Waals surface area contributed by atoms with Gasteiger partial charge in [-0.05, 0) is 37.8 Å². The monoisotopic (exact) mass is 531 g/mol. The molecular weight excluding hydrogens is 506 g/mol. The minimum absolute atomic E-state index is 0.00370. The predicted octanol–water partition coefficient (Wildman–Crippen LogP) is 2.96. The van der Waals surface area contributed by atoms with E-state index < -0.39 is 15.7 Å². The largest absolute Gasteiger partial charge is 0.480 e. The average molecular weight is 532 g/mol. The van der Waals surface area contributed by atoms with Gasteiger partial charge < -0.3 is 14.3 Å². The summed E-state index contributed by atoms with van der Waals surface area (Å²) in [6, 6.07) is 6.13. The van der Waals surface area contributed by atoms with Gasteiger partial charge in [0.15, 0.2) is 31.2 Å². The number of rotatable bonds is 9. The number of fused-ring (bicyclic) bond motifs is 1. The lowest BCUT2D eigenvalue weighted by atomic mass is 10.1. The standard InChI is InChI=1S/C23H25N5O6S2/c1-32-14-5-6-15(11-14)34-28-19(13-3-7-16(8-4-13)36(30,31)17-9-10-17)21(29)27-23-26-20-22(35-23)25-18(33-2)12-24-20/h3-4,7-8,12,14-15,17H,5-6,9-11H2,1-2H3,(H,24,26,27,29)/b28-19+/t14-,15-/m1/s1. The average Bonchev–Trinajstić information content (AvgIpc) is 3.53. The topological polar surface area (TPSA) is 142 Å². The lowest BCUT2D eigenvalue weighted by Gasteiger charge is -2.11. The second-order valence-electron chi connectivity index (χ2n) is 8.62. The van der Waals surface area contributed by atoms with Crippen LogP contribution in [0.4, 0.5) is 5.13 Å². The highest BCUT2D eigenvalue weighted by Gasteiger charge is 2.37. The summed E-state index contributed by atoms with van der Waals surface area (Å²) in [5, 5.41) is 6.88. The number of benzene rings is 1. The highest BCUT2D eigenvalue weighted by molar-refractivity contribution is 7.92. The summed E-state index contributed by atoms with van der Waals surface area (Å²) in [6.45, 7) is 0. The maximum absolute atomic E-state index is 13.3. The molecule has 3 aromatic rings. The van der Waals surface area contributed by atoms with Gasteiger partial charge in [-0.15, -0.1) is 0 Å². The van der Waals surface area contributed by atoms with Crippen LogP contribution in [0.3, 0.4) is 0 Å². The summed E-state index contributed by atoms with van der Waals surface area (Å²) >= 11 is 1.14. The Hall–Kier alpha value is -3.16. The summed E-state index contributed by atoms with van der Waals surface area (Å²) in [4.78, 5) is 32.5. The number of thiazole rings is 1. The highest BCUT2D eigenvalue weighted by Crippen LogP contribution is 2.33. The Kier molecular flexibility index (Phi) is 6.86. The summed E-state index contributed by atoms with van der Waals surface area (Å²) in [6.07, 6.45) is 4.98. The number of hydrogen-bond acceptors (Lipinski definition) is 11. The zero-order valence-electron chi connectivity index (χ0n) is 19.7. The Balaban J connectivity index is 1.40. The van der Waals surface area contributed by atoms with Crippen LogP contribution >= 0.6 is 11.3 Å². The summed E-state index contributed by atoms with van der Waals surface area (Å²) in [5.74, 6) is -0.216. The van der Waals surface area contributed by atoms with Crippen LogP contribution in [0.15, 0.2) is 40.5 Å². The number of amides is 1. The van der Waals surface area contributed by atoms with Crippen molar-refractivity contribution in [3.05, 3.63) is 36.0 Å². The molecule has 5 rings (SSSR count). The second-order valence-corrected chi connectivity index (χ2v) is 11.8. The first-order valence-corrected chi connectivity index (χ1v) is 13.8. The fraction of sp³-hybridized carbons (Fsp3) is 0.435. The smallest absolute Gasteiger partial charge is 0.280 e. The molecule has 2 heterocycles. The quantitative estimate of drug-likeness (QED) is 0.326. The molecule has 2 aliphatic carbocycles. The van der Waals surface area contributed by atoms with Gasteiger partial charge >= 0.3 is 0 Å². The van der Waals surface area contributed by atoms with E-state index in [-0.39, 0.29) is 33.2 Å². The van der Waals surface area contributed by atoms with Crippen LogP contribution in [-0.2, 0) is 24.2 Å². The maximum Gasteiger partial charge on any atom is 0.280 e. The van der Waals surface area contributed by atoms with Gasteiger partial charge in [-0.1, -0.05) is 28.6 Å². The molecule has 0 unspecified atom stereocenters. The van der Waals surface area contributed by atoms with Crippen LogP contribution in [0.1, 0.15) is 37.7 Å². The zero-order valence-corrected chi connectivity index (χ0v) is 21.3. The van der Waals surface area contributed by atoms with E-state index in [1.807, 2.05) is 0 Å². The van der Waals surface area contributed by atoms with Crippen molar-refractivity contribution in [3.63, 3.8) is 0 Å². The van der Waals surface area contributed by atoms with Gasteiger partial charge in [-0.2, -0.15) is 9.97 Å². The SMILES string of the molecule is COc1cnc2nc(NC(=O)/C(=N/O[C@@H]3CC[C@@H](OC)C3)c3ccc(S(=O)(=O)C4CC4)cc3)sc2n1. The van der Waals surface area contributed by atoms with Gasteiger partial charge in [0.25, 0.3) is 5.91 Å². The molecule has 11 nitrogen and oxygen atoms in total. The molecule has 2 atom stereocenters. The lowest BCUT2D eigenvalue weighted by Crippen LogP contribution is -2.25. The van der Waals surface area contributed by atoms with Gasteiger partial charge in [-0.3, -0.25) is 10.1 Å². The van der Waals surface area contributed by atoms with Crippen LogP contribution in [0.25, 0.3) is 10.5 Å². The molecule has 1 aromatic carbocycles.